The monoisotopic (exact) mass is 378 g/mol. The molecule has 4 heterocycles. The van der Waals surface area contributed by atoms with Crippen LogP contribution in [0, 0.1) is 5.82 Å². The van der Waals surface area contributed by atoms with Crippen LogP contribution in [0.5, 0.6) is 0 Å². The lowest BCUT2D eigenvalue weighted by Gasteiger charge is -2.13. The van der Waals surface area contributed by atoms with Gasteiger partial charge in [-0.25, -0.2) is 20.2 Å². The smallest absolute Gasteiger partial charge is 0.259 e. The topological polar surface area (TPSA) is 127 Å². The highest BCUT2D eigenvalue weighted by atomic mass is 35.5. The van der Waals surface area contributed by atoms with Crippen molar-refractivity contribution in [3.63, 3.8) is 0 Å². The Bertz CT molecular complexity index is 1010. The summed E-state index contributed by atoms with van der Waals surface area (Å²) >= 11 is 6.15. The summed E-state index contributed by atoms with van der Waals surface area (Å²) in [6, 6.07) is -0.626. The molecule has 26 heavy (non-hydrogen) atoms. The van der Waals surface area contributed by atoms with Crippen LogP contribution in [0.1, 0.15) is 6.42 Å². The fourth-order valence-electron chi connectivity index (χ4n) is 3.04. The van der Waals surface area contributed by atoms with E-state index in [0.717, 1.165) is 11.2 Å². The molecule has 2 aromatic rings. The van der Waals surface area contributed by atoms with Crippen LogP contribution in [0.4, 0.5) is 10.2 Å². The highest BCUT2D eigenvalue weighted by Gasteiger charge is 2.30. The Kier molecular flexibility index (Phi) is 4.00. The minimum atomic E-state index is -0.665. The first kappa shape index (κ1) is 16.7. The van der Waals surface area contributed by atoms with Gasteiger partial charge in [-0.1, -0.05) is 6.08 Å². The summed E-state index contributed by atoms with van der Waals surface area (Å²) in [4.78, 5) is 24.5. The molecule has 0 saturated carbocycles. The summed E-state index contributed by atoms with van der Waals surface area (Å²) in [6.07, 6.45) is 4.93. The molecule has 0 spiro atoms. The lowest BCUT2D eigenvalue weighted by atomic mass is 10.2. The van der Waals surface area contributed by atoms with E-state index in [1.54, 1.807) is 6.20 Å². The molecule has 2 unspecified atom stereocenters. The van der Waals surface area contributed by atoms with Gasteiger partial charge in [0.05, 0.1) is 18.1 Å². The van der Waals surface area contributed by atoms with E-state index in [1.807, 2.05) is 6.08 Å². The summed E-state index contributed by atoms with van der Waals surface area (Å²) in [7, 11) is 0. The van der Waals surface area contributed by atoms with Gasteiger partial charge in [-0.15, -0.1) is 11.6 Å². The van der Waals surface area contributed by atoms with Gasteiger partial charge in [-0.3, -0.25) is 19.5 Å². The van der Waals surface area contributed by atoms with E-state index in [2.05, 4.69) is 20.3 Å². The summed E-state index contributed by atoms with van der Waals surface area (Å²) in [6.45, 7) is 0.818. The number of amides is 1. The van der Waals surface area contributed by atoms with Crippen molar-refractivity contribution in [2.24, 2.45) is 10.8 Å². The normalized spacial score (nSPS) is 22.0. The van der Waals surface area contributed by atoms with Crippen molar-refractivity contribution in [2.75, 3.05) is 24.2 Å². The number of aromatic nitrogens is 3. The van der Waals surface area contributed by atoms with Crippen molar-refractivity contribution < 1.29 is 9.18 Å². The molecule has 9 nitrogen and oxygen atoms in total. The van der Waals surface area contributed by atoms with E-state index < -0.39 is 11.9 Å². The van der Waals surface area contributed by atoms with E-state index in [-0.39, 0.29) is 22.9 Å². The number of anilines is 1. The Morgan fingerprint density at radius 1 is 1.38 bits per heavy atom. The van der Waals surface area contributed by atoms with Crippen LogP contribution in [0.15, 0.2) is 17.4 Å². The van der Waals surface area contributed by atoms with Gasteiger partial charge < -0.3 is 11.2 Å². The number of carbonyl (C=O) groups excluding carboxylic acids is 1. The van der Waals surface area contributed by atoms with Crippen LogP contribution in [0.3, 0.4) is 0 Å². The predicted molar refractivity (Wildman–Crippen MR) is 93.2 cm³/mol. The zero-order valence-corrected chi connectivity index (χ0v) is 14.3. The molecule has 2 aliphatic rings. The Hall–Kier alpha value is -2.72. The molecule has 2 aliphatic heterocycles. The number of nitrogen functional groups attached to an aromatic ring is 1. The average Bonchev–Trinajstić information content (AvgIpc) is 3.11. The van der Waals surface area contributed by atoms with Crippen LogP contribution in [0.25, 0.3) is 17.5 Å². The average molecular weight is 379 g/mol. The maximum absolute atomic E-state index is 14.1. The molecule has 2 aromatic heterocycles. The second-order valence-corrected chi connectivity index (χ2v) is 6.68. The summed E-state index contributed by atoms with van der Waals surface area (Å²) in [5.41, 5.74) is 1.14. The van der Waals surface area contributed by atoms with Gasteiger partial charge in [0, 0.05) is 23.5 Å². The molecular formula is C15H16ClFN8O. The molecular weight excluding hydrogens is 363 g/mol. The van der Waals surface area contributed by atoms with Gasteiger partial charge in [0.2, 0.25) is 0 Å². The van der Waals surface area contributed by atoms with Crippen molar-refractivity contribution in [3.05, 3.63) is 28.9 Å². The van der Waals surface area contributed by atoms with Crippen molar-refractivity contribution in [1.29, 1.82) is 0 Å². The van der Waals surface area contributed by atoms with Crippen LogP contribution in [0.2, 0.25) is 0 Å². The number of carbonyl (C=O) groups is 1. The lowest BCUT2D eigenvalue weighted by molar-refractivity contribution is -0.128. The van der Waals surface area contributed by atoms with Gasteiger partial charge in [0.1, 0.15) is 6.04 Å². The van der Waals surface area contributed by atoms with Gasteiger partial charge >= 0.3 is 0 Å². The first-order valence-electron chi connectivity index (χ1n) is 7.96. The Morgan fingerprint density at radius 2 is 2.19 bits per heavy atom. The SMILES string of the molecule is NN1CCC(Nc2nc(-c3cn(N)c4c3=CC(Cl)CN=4)ncc2F)C1=O. The van der Waals surface area contributed by atoms with Crippen LogP contribution >= 0.6 is 11.6 Å². The molecule has 0 aromatic carbocycles. The van der Waals surface area contributed by atoms with E-state index in [9.17, 15) is 9.18 Å². The molecule has 2 atom stereocenters. The van der Waals surface area contributed by atoms with Crippen molar-refractivity contribution in [1.82, 2.24) is 19.7 Å². The van der Waals surface area contributed by atoms with Crippen LogP contribution < -0.4 is 27.7 Å². The third kappa shape index (κ3) is 2.76. The van der Waals surface area contributed by atoms with Gasteiger partial charge in [-0.05, 0) is 6.42 Å². The number of rotatable bonds is 3. The number of nitrogens with zero attached hydrogens (tertiary/aromatic N) is 5. The summed E-state index contributed by atoms with van der Waals surface area (Å²) in [5.74, 6) is 10.7. The van der Waals surface area contributed by atoms with Gasteiger partial charge in [0.25, 0.3) is 5.91 Å². The first-order valence-corrected chi connectivity index (χ1v) is 8.40. The van der Waals surface area contributed by atoms with E-state index in [1.165, 1.54) is 4.68 Å². The number of fused-ring (bicyclic) bond motifs is 1. The number of halogens is 2. The molecule has 0 radical (unpaired) electrons. The molecule has 0 bridgehead atoms. The number of alkyl halides is 1. The predicted octanol–water partition coefficient (Wildman–Crippen LogP) is -1.29. The Morgan fingerprint density at radius 3 is 2.92 bits per heavy atom. The van der Waals surface area contributed by atoms with Crippen molar-refractivity contribution in [2.45, 2.75) is 17.8 Å². The number of hydrogen-bond donors (Lipinski definition) is 3. The zero-order valence-electron chi connectivity index (χ0n) is 13.6. The third-order valence-corrected chi connectivity index (χ3v) is 4.61. The molecule has 11 heteroatoms. The maximum atomic E-state index is 14.1. The molecule has 4 rings (SSSR count). The van der Waals surface area contributed by atoms with Crippen molar-refractivity contribution in [3.8, 4) is 11.4 Å². The largest absolute Gasteiger partial charge is 0.356 e. The minimum Gasteiger partial charge on any atom is -0.356 e. The number of hydrazine groups is 1. The van der Waals surface area contributed by atoms with E-state index >= 15 is 0 Å². The van der Waals surface area contributed by atoms with E-state index in [4.69, 9.17) is 23.3 Å². The van der Waals surface area contributed by atoms with Crippen LogP contribution in [-0.4, -0.2) is 50.1 Å². The molecule has 1 amide bonds. The Labute approximate surface area is 152 Å². The maximum Gasteiger partial charge on any atom is 0.259 e. The Balaban J connectivity index is 1.74. The van der Waals surface area contributed by atoms with Crippen molar-refractivity contribution >= 4 is 29.4 Å². The van der Waals surface area contributed by atoms with Gasteiger partial charge in [0.15, 0.2) is 22.9 Å². The highest BCUT2D eigenvalue weighted by molar-refractivity contribution is 6.24. The van der Waals surface area contributed by atoms with E-state index in [0.29, 0.717) is 35.8 Å². The molecule has 5 N–H and O–H groups in total. The lowest BCUT2D eigenvalue weighted by Crippen LogP contribution is -2.38. The second kappa shape index (κ2) is 6.22. The third-order valence-electron chi connectivity index (χ3n) is 4.34. The summed E-state index contributed by atoms with van der Waals surface area (Å²) in [5, 5.41) is 4.32. The standard InChI is InChI=1S/C15H16ClFN8O/c16-7-3-8-9(6-25(19)14(8)21-4-7)12-20-5-10(17)13(23-12)22-11-1-2-24(18)15(11)26/h3,5-7,11H,1-2,4,18-19H2,(H,20,22,23). The highest BCUT2D eigenvalue weighted by Crippen LogP contribution is 2.19. The molecule has 1 saturated heterocycles. The molecule has 136 valence electrons. The fourth-order valence-corrected chi connectivity index (χ4v) is 3.24. The van der Waals surface area contributed by atoms with Crippen LogP contribution in [-0.2, 0) is 4.79 Å². The zero-order chi connectivity index (χ0) is 18.4. The second-order valence-electron chi connectivity index (χ2n) is 6.12. The van der Waals surface area contributed by atoms with Gasteiger partial charge in [-0.2, -0.15) is 0 Å². The summed E-state index contributed by atoms with van der Waals surface area (Å²) < 4.78 is 15.5. The minimum absolute atomic E-state index is 0.0719. The number of hydrogen-bond acceptors (Lipinski definition) is 7. The fraction of sp³-hybridized carbons (Fsp3) is 0.333. The number of nitrogens with one attached hydrogen (secondary N) is 1. The number of nitrogens with two attached hydrogens (primary N) is 2. The molecule has 1 fully saturated rings. The quantitative estimate of drug-likeness (QED) is 0.346. The molecule has 0 aliphatic carbocycles. The first-order chi connectivity index (χ1) is 12.4.